The summed E-state index contributed by atoms with van der Waals surface area (Å²) >= 11 is 0. The van der Waals surface area contributed by atoms with Gasteiger partial charge in [0, 0.05) is 26.2 Å². The molecule has 0 saturated carbocycles. The quantitative estimate of drug-likeness (QED) is 0.791. The van der Waals surface area contributed by atoms with Gasteiger partial charge in [-0.15, -0.1) is 0 Å². The Balaban J connectivity index is 1.48. The first kappa shape index (κ1) is 18.8. The normalized spacial score (nSPS) is 23.8. The minimum atomic E-state index is -0.721. The van der Waals surface area contributed by atoms with Crippen LogP contribution in [0.3, 0.4) is 0 Å². The summed E-state index contributed by atoms with van der Waals surface area (Å²) < 4.78 is 18.5. The molecule has 1 aromatic carbocycles. The van der Waals surface area contributed by atoms with Gasteiger partial charge in [-0.25, -0.2) is 4.39 Å². The SMILES string of the molecule is O=C(NC[C@H]1CCN(C(=O)[C@@H]2CCCO2)C1)C(CO)c1ccc(F)cc1. The fraction of sp³-hybridized carbons (Fsp3) is 0.579. The van der Waals surface area contributed by atoms with E-state index < -0.39 is 5.92 Å². The highest BCUT2D eigenvalue weighted by Crippen LogP contribution is 2.22. The molecule has 0 spiro atoms. The van der Waals surface area contributed by atoms with E-state index in [0.717, 1.165) is 19.3 Å². The molecule has 3 rings (SSSR count). The highest BCUT2D eigenvalue weighted by atomic mass is 19.1. The maximum Gasteiger partial charge on any atom is 0.251 e. The van der Waals surface area contributed by atoms with E-state index in [1.807, 2.05) is 4.90 Å². The van der Waals surface area contributed by atoms with Crippen LogP contribution in [0, 0.1) is 11.7 Å². The number of hydrogen-bond donors (Lipinski definition) is 2. The molecule has 2 heterocycles. The first-order valence-corrected chi connectivity index (χ1v) is 9.13. The zero-order valence-electron chi connectivity index (χ0n) is 14.7. The second-order valence-corrected chi connectivity index (χ2v) is 6.97. The van der Waals surface area contributed by atoms with Gasteiger partial charge in [0.15, 0.2) is 0 Å². The van der Waals surface area contributed by atoms with E-state index in [0.29, 0.717) is 31.8 Å². The minimum Gasteiger partial charge on any atom is -0.395 e. The van der Waals surface area contributed by atoms with Crippen molar-refractivity contribution in [2.75, 3.05) is 32.8 Å². The van der Waals surface area contributed by atoms with Gasteiger partial charge >= 0.3 is 0 Å². The molecule has 0 radical (unpaired) electrons. The van der Waals surface area contributed by atoms with Crippen molar-refractivity contribution in [3.05, 3.63) is 35.6 Å². The van der Waals surface area contributed by atoms with Gasteiger partial charge in [-0.1, -0.05) is 12.1 Å². The van der Waals surface area contributed by atoms with E-state index >= 15 is 0 Å². The predicted octanol–water partition coefficient (Wildman–Crippen LogP) is 1.05. The Hall–Kier alpha value is -1.99. The molecule has 0 aromatic heterocycles. The Morgan fingerprint density at radius 1 is 1.31 bits per heavy atom. The smallest absolute Gasteiger partial charge is 0.251 e. The zero-order valence-corrected chi connectivity index (χ0v) is 14.7. The average molecular weight is 364 g/mol. The topological polar surface area (TPSA) is 78.9 Å². The summed E-state index contributed by atoms with van der Waals surface area (Å²) in [6, 6.07) is 5.56. The van der Waals surface area contributed by atoms with Gasteiger partial charge in [0.25, 0.3) is 5.91 Å². The maximum atomic E-state index is 13.0. The third-order valence-corrected chi connectivity index (χ3v) is 5.14. The Kier molecular flexibility index (Phi) is 6.21. The molecule has 2 aliphatic heterocycles. The van der Waals surface area contributed by atoms with Crippen molar-refractivity contribution in [3.63, 3.8) is 0 Å². The third-order valence-electron chi connectivity index (χ3n) is 5.14. The lowest BCUT2D eigenvalue weighted by molar-refractivity contribution is -0.139. The zero-order chi connectivity index (χ0) is 18.5. The van der Waals surface area contributed by atoms with Crippen LogP contribution in [0.2, 0.25) is 0 Å². The first-order valence-electron chi connectivity index (χ1n) is 9.13. The van der Waals surface area contributed by atoms with Gasteiger partial charge in [0.1, 0.15) is 11.9 Å². The highest BCUT2D eigenvalue weighted by Gasteiger charge is 2.33. The van der Waals surface area contributed by atoms with Crippen molar-refractivity contribution in [1.82, 2.24) is 10.2 Å². The van der Waals surface area contributed by atoms with Crippen LogP contribution in [0.1, 0.15) is 30.7 Å². The minimum absolute atomic E-state index is 0.0517. The summed E-state index contributed by atoms with van der Waals surface area (Å²) in [7, 11) is 0. The number of ether oxygens (including phenoxy) is 1. The molecule has 142 valence electrons. The van der Waals surface area contributed by atoms with Crippen molar-refractivity contribution in [3.8, 4) is 0 Å². The lowest BCUT2D eigenvalue weighted by Crippen LogP contribution is -2.39. The number of aliphatic hydroxyl groups is 1. The summed E-state index contributed by atoms with van der Waals surface area (Å²) in [6.45, 7) is 2.05. The monoisotopic (exact) mass is 364 g/mol. The Bertz CT molecular complexity index is 631. The molecule has 6 nitrogen and oxygen atoms in total. The molecule has 0 aliphatic carbocycles. The van der Waals surface area contributed by atoms with Gasteiger partial charge in [0.05, 0.1) is 12.5 Å². The number of hydrogen-bond acceptors (Lipinski definition) is 4. The van der Waals surface area contributed by atoms with Crippen LogP contribution in [0.15, 0.2) is 24.3 Å². The number of aliphatic hydroxyl groups excluding tert-OH is 1. The summed E-state index contributed by atoms with van der Waals surface area (Å²) in [4.78, 5) is 26.5. The first-order chi connectivity index (χ1) is 12.6. The Labute approximate surface area is 152 Å². The molecule has 1 unspecified atom stereocenters. The van der Waals surface area contributed by atoms with E-state index in [9.17, 15) is 19.1 Å². The van der Waals surface area contributed by atoms with Crippen molar-refractivity contribution in [2.45, 2.75) is 31.3 Å². The molecular formula is C19H25FN2O4. The highest BCUT2D eigenvalue weighted by molar-refractivity contribution is 5.84. The molecular weight excluding hydrogens is 339 g/mol. The van der Waals surface area contributed by atoms with E-state index in [-0.39, 0.29) is 36.3 Å². The molecule has 2 aliphatic rings. The molecule has 7 heteroatoms. The number of carbonyl (C=O) groups excluding carboxylic acids is 2. The molecule has 2 amide bonds. The van der Waals surface area contributed by atoms with Crippen molar-refractivity contribution in [1.29, 1.82) is 0 Å². The van der Waals surface area contributed by atoms with E-state index in [4.69, 9.17) is 4.74 Å². The standard InChI is InChI=1S/C19H25FN2O4/c20-15-5-3-14(4-6-15)16(12-23)18(24)21-10-13-7-8-22(11-13)19(25)17-2-1-9-26-17/h3-6,13,16-17,23H,1-2,7-12H2,(H,21,24)/t13-,16?,17+/m1/s1. The third kappa shape index (κ3) is 4.40. The van der Waals surface area contributed by atoms with Crippen molar-refractivity contribution < 1.29 is 23.8 Å². The van der Waals surface area contributed by atoms with Crippen LogP contribution in [0.4, 0.5) is 4.39 Å². The summed E-state index contributed by atoms with van der Waals surface area (Å²) in [5, 5.41) is 12.4. The van der Waals surface area contributed by atoms with E-state index in [1.165, 1.54) is 24.3 Å². The number of benzene rings is 1. The molecule has 0 bridgehead atoms. The van der Waals surface area contributed by atoms with Crippen LogP contribution in [0.25, 0.3) is 0 Å². The fourth-order valence-electron chi connectivity index (χ4n) is 3.58. The van der Waals surface area contributed by atoms with Crippen molar-refractivity contribution in [2.24, 2.45) is 5.92 Å². The van der Waals surface area contributed by atoms with Gasteiger partial charge in [-0.05, 0) is 42.9 Å². The Morgan fingerprint density at radius 3 is 2.73 bits per heavy atom. The van der Waals surface area contributed by atoms with Gasteiger partial charge in [-0.2, -0.15) is 0 Å². The second-order valence-electron chi connectivity index (χ2n) is 6.97. The van der Waals surface area contributed by atoms with E-state index in [1.54, 1.807) is 0 Å². The number of halogens is 1. The lowest BCUT2D eigenvalue weighted by Gasteiger charge is -2.20. The molecule has 2 saturated heterocycles. The van der Waals surface area contributed by atoms with Gasteiger partial charge < -0.3 is 20.1 Å². The summed E-state index contributed by atoms with van der Waals surface area (Å²) in [5.41, 5.74) is 0.577. The lowest BCUT2D eigenvalue weighted by atomic mass is 9.98. The van der Waals surface area contributed by atoms with Crippen LogP contribution in [-0.4, -0.2) is 60.8 Å². The van der Waals surface area contributed by atoms with Crippen LogP contribution < -0.4 is 5.32 Å². The fourth-order valence-corrected chi connectivity index (χ4v) is 3.58. The number of nitrogens with zero attached hydrogens (tertiary/aromatic N) is 1. The molecule has 1 aromatic rings. The molecule has 3 atom stereocenters. The summed E-state index contributed by atoms with van der Waals surface area (Å²) in [6.07, 6.45) is 2.24. The van der Waals surface area contributed by atoms with Crippen LogP contribution in [-0.2, 0) is 14.3 Å². The van der Waals surface area contributed by atoms with Gasteiger partial charge in [0.2, 0.25) is 5.91 Å². The largest absolute Gasteiger partial charge is 0.395 e. The number of rotatable bonds is 6. The molecule has 2 fully saturated rings. The average Bonchev–Trinajstić information content (AvgIpc) is 3.33. The van der Waals surface area contributed by atoms with E-state index in [2.05, 4.69) is 5.32 Å². The van der Waals surface area contributed by atoms with Crippen LogP contribution >= 0.6 is 0 Å². The number of amides is 2. The van der Waals surface area contributed by atoms with Gasteiger partial charge in [-0.3, -0.25) is 9.59 Å². The van der Waals surface area contributed by atoms with Crippen molar-refractivity contribution >= 4 is 11.8 Å². The Morgan fingerprint density at radius 2 is 2.08 bits per heavy atom. The summed E-state index contributed by atoms with van der Waals surface area (Å²) in [5.74, 6) is -1.15. The maximum absolute atomic E-state index is 13.0. The molecule has 2 N–H and O–H groups in total. The number of nitrogens with one attached hydrogen (secondary N) is 1. The van der Waals surface area contributed by atoms with Crippen LogP contribution in [0.5, 0.6) is 0 Å². The second kappa shape index (κ2) is 8.60. The predicted molar refractivity (Wildman–Crippen MR) is 92.9 cm³/mol. The number of likely N-dealkylation sites (tertiary alicyclic amines) is 1. The number of carbonyl (C=O) groups is 2. The molecule has 26 heavy (non-hydrogen) atoms.